The smallest absolute Gasteiger partial charge is 0.253 e. The number of nitrogens with one attached hydrogen (secondary N) is 3. The number of halogens is 1. The minimum absolute atomic E-state index is 0.111. The molecule has 3 N–H and O–H groups in total. The third kappa shape index (κ3) is 5.69. The second-order valence-corrected chi connectivity index (χ2v) is 6.81. The summed E-state index contributed by atoms with van der Waals surface area (Å²) in [6.45, 7) is 4.40. The van der Waals surface area contributed by atoms with Crippen LogP contribution in [0.2, 0.25) is 5.02 Å². The second-order valence-electron chi connectivity index (χ2n) is 6.40. The molecule has 8 heteroatoms. The zero-order valence-corrected chi connectivity index (χ0v) is 16.5. The first-order valence-corrected chi connectivity index (χ1v) is 9.24. The summed E-state index contributed by atoms with van der Waals surface area (Å²) < 4.78 is 0. The van der Waals surface area contributed by atoms with Crippen LogP contribution < -0.4 is 16.0 Å². The SMILES string of the molecule is CC(C)C(NC(=O)c1ccccc1Cl)C(=O)NCCNc1ncccc1C#N. The Morgan fingerprint density at radius 3 is 2.61 bits per heavy atom. The quantitative estimate of drug-likeness (QED) is 0.591. The number of nitriles is 1. The van der Waals surface area contributed by atoms with Crippen LogP contribution in [0.3, 0.4) is 0 Å². The fraction of sp³-hybridized carbons (Fsp3) is 0.300. The van der Waals surface area contributed by atoms with Crippen molar-refractivity contribution in [1.29, 1.82) is 5.26 Å². The van der Waals surface area contributed by atoms with E-state index in [1.54, 1.807) is 42.6 Å². The first-order chi connectivity index (χ1) is 13.4. The summed E-state index contributed by atoms with van der Waals surface area (Å²) in [5.74, 6) is -0.337. The number of benzene rings is 1. The van der Waals surface area contributed by atoms with Crippen molar-refractivity contribution in [2.24, 2.45) is 5.92 Å². The molecule has 2 rings (SSSR count). The van der Waals surface area contributed by atoms with E-state index in [2.05, 4.69) is 20.9 Å². The van der Waals surface area contributed by atoms with E-state index in [-0.39, 0.29) is 11.8 Å². The Bertz CT molecular complexity index is 879. The van der Waals surface area contributed by atoms with Crippen LogP contribution in [0.25, 0.3) is 0 Å². The van der Waals surface area contributed by atoms with Crippen LogP contribution in [-0.2, 0) is 4.79 Å². The Labute approximate surface area is 169 Å². The van der Waals surface area contributed by atoms with Gasteiger partial charge in [0.25, 0.3) is 5.91 Å². The van der Waals surface area contributed by atoms with Crippen LogP contribution >= 0.6 is 11.6 Å². The van der Waals surface area contributed by atoms with Crippen molar-refractivity contribution in [3.63, 3.8) is 0 Å². The molecule has 1 atom stereocenters. The molecule has 0 spiro atoms. The highest BCUT2D eigenvalue weighted by Gasteiger charge is 2.25. The van der Waals surface area contributed by atoms with Gasteiger partial charge in [-0.25, -0.2) is 4.98 Å². The summed E-state index contributed by atoms with van der Waals surface area (Å²) in [6.07, 6.45) is 1.58. The van der Waals surface area contributed by atoms with E-state index in [0.717, 1.165) is 0 Å². The number of hydrogen-bond donors (Lipinski definition) is 3. The summed E-state index contributed by atoms with van der Waals surface area (Å²) in [6, 6.07) is 11.4. The van der Waals surface area contributed by atoms with Crippen molar-refractivity contribution in [2.75, 3.05) is 18.4 Å². The molecule has 1 aromatic carbocycles. The zero-order valence-electron chi connectivity index (χ0n) is 15.7. The lowest BCUT2D eigenvalue weighted by Gasteiger charge is -2.22. The maximum absolute atomic E-state index is 12.5. The number of pyridine rings is 1. The molecule has 0 saturated heterocycles. The number of amides is 2. The van der Waals surface area contributed by atoms with Gasteiger partial charge in [-0.3, -0.25) is 9.59 Å². The van der Waals surface area contributed by atoms with Gasteiger partial charge in [0.05, 0.1) is 16.1 Å². The van der Waals surface area contributed by atoms with E-state index in [1.807, 2.05) is 19.9 Å². The van der Waals surface area contributed by atoms with E-state index in [9.17, 15) is 9.59 Å². The number of aromatic nitrogens is 1. The number of carbonyl (C=O) groups is 2. The Morgan fingerprint density at radius 2 is 1.93 bits per heavy atom. The predicted molar refractivity (Wildman–Crippen MR) is 108 cm³/mol. The van der Waals surface area contributed by atoms with Crippen molar-refractivity contribution in [3.05, 3.63) is 58.7 Å². The highest BCUT2D eigenvalue weighted by Crippen LogP contribution is 2.15. The van der Waals surface area contributed by atoms with E-state index in [0.29, 0.717) is 35.1 Å². The van der Waals surface area contributed by atoms with Gasteiger partial charge in [0, 0.05) is 19.3 Å². The van der Waals surface area contributed by atoms with Crippen molar-refractivity contribution in [3.8, 4) is 6.07 Å². The van der Waals surface area contributed by atoms with Gasteiger partial charge in [-0.05, 0) is 30.2 Å². The third-order valence-electron chi connectivity index (χ3n) is 4.00. The molecular formula is C20H22ClN5O2. The molecule has 0 aliphatic carbocycles. The molecule has 7 nitrogen and oxygen atoms in total. The lowest BCUT2D eigenvalue weighted by atomic mass is 10.0. The van der Waals surface area contributed by atoms with Crippen LogP contribution in [0.1, 0.15) is 29.8 Å². The van der Waals surface area contributed by atoms with Gasteiger partial charge in [-0.15, -0.1) is 0 Å². The molecule has 0 fully saturated rings. The van der Waals surface area contributed by atoms with Gasteiger partial charge in [-0.2, -0.15) is 5.26 Å². The number of hydrogen-bond acceptors (Lipinski definition) is 5. The first kappa shape index (κ1) is 21.2. The molecule has 2 aromatic rings. The Balaban J connectivity index is 1.90. The van der Waals surface area contributed by atoms with E-state index >= 15 is 0 Å². The molecule has 0 aliphatic rings. The van der Waals surface area contributed by atoms with Crippen LogP contribution in [0, 0.1) is 17.2 Å². The molecule has 1 aromatic heterocycles. The molecule has 1 unspecified atom stereocenters. The average molecular weight is 400 g/mol. The maximum atomic E-state index is 12.5. The molecule has 146 valence electrons. The molecule has 0 radical (unpaired) electrons. The number of anilines is 1. The molecule has 28 heavy (non-hydrogen) atoms. The predicted octanol–water partition coefficient (Wildman–Crippen LogP) is 2.59. The lowest BCUT2D eigenvalue weighted by Crippen LogP contribution is -2.50. The number of rotatable bonds is 8. The Morgan fingerprint density at radius 1 is 1.18 bits per heavy atom. The normalized spacial score (nSPS) is 11.4. The van der Waals surface area contributed by atoms with E-state index < -0.39 is 11.9 Å². The fourth-order valence-corrected chi connectivity index (χ4v) is 2.73. The van der Waals surface area contributed by atoms with Gasteiger partial charge in [0.15, 0.2) is 0 Å². The standard InChI is InChI=1S/C20H22ClN5O2/c1-13(2)17(26-19(27)15-7-3-4-8-16(15)21)20(28)25-11-10-24-18-14(12-22)6-5-9-23-18/h3-9,13,17H,10-11H2,1-2H3,(H,23,24)(H,25,28)(H,26,27). The van der Waals surface area contributed by atoms with Crippen molar-refractivity contribution in [2.45, 2.75) is 19.9 Å². The monoisotopic (exact) mass is 399 g/mol. The summed E-state index contributed by atoms with van der Waals surface area (Å²) >= 11 is 6.05. The topological polar surface area (TPSA) is 107 Å². The van der Waals surface area contributed by atoms with Gasteiger partial charge < -0.3 is 16.0 Å². The Kier molecular flexibility index (Phi) is 7.78. The van der Waals surface area contributed by atoms with Gasteiger partial charge >= 0.3 is 0 Å². The minimum Gasteiger partial charge on any atom is -0.367 e. The molecule has 2 amide bonds. The zero-order chi connectivity index (χ0) is 20.5. The van der Waals surface area contributed by atoms with Crippen LogP contribution in [-0.4, -0.2) is 35.9 Å². The molecular weight excluding hydrogens is 378 g/mol. The largest absolute Gasteiger partial charge is 0.367 e. The highest BCUT2D eigenvalue weighted by atomic mass is 35.5. The average Bonchev–Trinajstić information content (AvgIpc) is 2.69. The molecule has 0 saturated carbocycles. The lowest BCUT2D eigenvalue weighted by molar-refractivity contribution is -0.123. The first-order valence-electron chi connectivity index (χ1n) is 8.86. The summed E-state index contributed by atoms with van der Waals surface area (Å²) in [4.78, 5) is 29.1. The summed E-state index contributed by atoms with van der Waals surface area (Å²) in [5.41, 5.74) is 0.754. The second kappa shape index (κ2) is 10.3. The number of carbonyl (C=O) groups excluding carboxylic acids is 2. The van der Waals surface area contributed by atoms with Crippen molar-refractivity contribution < 1.29 is 9.59 Å². The highest BCUT2D eigenvalue weighted by molar-refractivity contribution is 6.33. The summed E-state index contributed by atoms with van der Waals surface area (Å²) in [7, 11) is 0. The Hall–Kier alpha value is -3.11. The summed E-state index contributed by atoms with van der Waals surface area (Å²) in [5, 5.41) is 17.9. The van der Waals surface area contributed by atoms with E-state index in [4.69, 9.17) is 16.9 Å². The number of nitrogens with zero attached hydrogens (tertiary/aromatic N) is 2. The van der Waals surface area contributed by atoms with Crippen LogP contribution in [0.4, 0.5) is 5.82 Å². The van der Waals surface area contributed by atoms with Gasteiger partial charge in [0.1, 0.15) is 17.9 Å². The van der Waals surface area contributed by atoms with Crippen LogP contribution in [0.5, 0.6) is 0 Å². The van der Waals surface area contributed by atoms with Gasteiger partial charge in [-0.1, -0.05) is 37.6 Å². The fourth-order valence-electron chi connectivity index (χ4n) is 2.51. The maximum Gasteiger partial charge on any atom is 0.253 e. The van der Waals surface area contributed by atoms with Crippen molar-refractivity contribution >= 4 is 29.2 Å². The van der Waals surface area contributed by atoms with Crippen molar-refractivity contribution in [1.82, 2.24) is 15.6 Å². The molecule has 0 bridgehead atoms. The van der Waals surface area contributed by atoms with E-state index in [1.165, 1.54) is 0 Å². The van der Waals surface area contributed by atoms with Gasteiger partial charge in [0.2, 0.25) is 5.91 Å². The van der Waals surface area contributed by atoms with Crippen LogP contribution in [0.15, 0.2) is 42.6 Å². The minimum atomic E-state index is -0.701. The molecule has 0 aliphatic heterocycles. The third-order valence-corrected chi connectivity index (χ3v) is 4.33. The molecule has 1 heterocycles.